The van der Waals surface area contributed by atoms with Crippen LogP contribution in [0.25, 0.3) is 0 Å². The van der Waals surface area contributed by atoms with E-state index >= 15 is 0 Å². The van der Waals surface area contributed by atoms with Crippen LogP contribution in [-0.2, 0) is 9.59 Å². The zero-order chi connectivity index (χ0) is 16.5. The van der Waals surface area contributed by atoms with Crippen LogP contribution in [0.4, 0.5) is 0 Å². The van der Waals surface area contributed by atoms with Gasteiger partial charge in [-0.1, -0.05) is 70.4 Å². The van der Waals surface area contributed by atoms with Crippen molar-refractivity contribution in [2.75, 3.05) is 0 Å². The predicted molar refractivity (Wildman–Crippen MR) is 99.2 cm³/mol. The monoisotopic (exact) mass is 334 g/mol. The minimum atomic E-state index is -1.30. The van der Waals surface area contributed by atoms with Crippen LogP contribution in [0.5, 0.6) is 0 Å². The van der Waals surface area contributed by atoms with E-state index < -0.39 is 11.8 Å². The topological polar surface area (TPSA) is 54.4 Å². The first kappa shape index (κ1) is 25.1. The molecule has 0 aliphatic heterocycles. The first-order valence-corrected chi connectivity index (χ1v) is 9.09. The van der Waals surface area contributed by atoms with Gasteiger partial charge in [-0.25, -0.2) is 4.79 Å². The Balaban J connectivity index is 0. The van der Waals surface area contributed by atoms with Crippen LogP contribution >= 0.6 is 0 Å². The molecule has 0 spiro atoms. The van der Waals surface area contributed by atoms with Crippen molar-refractivity contribution >= 4 is 41.3 Å². The van der Waals surface area contributed by atoms with Crippen LogP contribution in [-0.4, -0.2) is 46.4 Å². The molecule has 0 saturated carbocycles. The van der Waals surface area contributed by atoms with E-state index in [1.165, 1.54) is 57.8 Å². The molecule has 0 aromatic carbocycles. The predicted octanol–water partition coefficient (Wildman–Crippen LogP) is 5.03. The molecule has 0 unspecified atom stereocenters. The van der Waals surface area contributed by atoms with Gasteiger partial charge in [0.1, 0.15) is 0 Å². The van der Waals surface area contributed by atoms with Gasteiger partial charge >= 0.3 is 35.5 Å². The molecule has 0 fully saturated rings. The summed E-state index contributed by atoms with van der Waals surface area (Å²) in [7, 11) is 0. The van der Waals surface area contributed by atoms with Crippen molar-refractivity contribution in [2.24, 2.45) is 0 Å². The van der Waals surface area contributed by atoms with Crippen molar-refractivity contribution in [1.29, 1.82) is 0 Å². The molecule has 1 N–H and O–H groups in total. The van der Waals surface area contributed by atoms with Gasteiger partial charge in [-0.2, -0.15) is 0 Å². The zero-order valence-electron chi connectivity index (χ0n) is 14.3. The number of allylic oxidation sites excluding steroid dienone is 2. The first-order valence-electron chi connectivity index (χ1n) is 9.09. The maximum absolute atomic E-state index is 10.9. The molecular formula is C19H35NaO3. The minimum absolute atomic E-state index is 0. The summed E-state index contributed by atoms with van der Waals surface area (Å²) in [6, 6.07) is 0. The summed E-state index contributed by atoms with van der Waals surface area (Å²) in [5.74, 6) is -1.95. The first-order chi connectivity index (χ1) is 10.7. The molecule has 0 radical (unpaired) electrons. The zero-order valence-corrected chi connectivity index (χ0v) is 14.3. The molecule has 0 saturated heterocycles. The van der Waals surface area contributed by atoms with Crippen molar-refractivity contribution in [1.82, 2.24) is 0 Å². The molecule has 0 rings (SSSR count). The Morgan fingerprint density at radius 2 is 1.17 bits per heavy atom. The number of hydrogen-bond donors (Lipinski definition) is 1. The van der Waals surface area contributed by atoms with E-state index in [-0.39, 0.29) is 36.0 Å². The number of rotatable bonds is 16. The van der Waals surface area contributed by atoms with E-state index in [0.29, 0.717) is 6.42 Å². The number of carbonyl (C=O) groups is 2. The third-order valence-electron chi connectivity index (χ3n) is 3.90. The number of ketones is 1. The fraction of sp³-hybridized carbons (Fsp3) is 0.789. The van der Waals surface area contributed by atoms with Gasteiger partial charge in [0.05, 0.1) is 0 Å². The second-order valence-electron chi connectivity index (χ2n) is 6.06. The SMILES string of the molecule is CCCCCCCC/C=C\CCCCCCCC(=O)C(=O)O.[NaH]. The van der Waals surface area contributed by atoms with Crippen LogP contribution < -0.4 is 0 Å². The summed E-state index contributed by atoms with van der Waals surface area (Å²) in [5.41, 5.74) is 0. The average molecular weight is 334 g/mol. The molecule has 0 aromatic heterocycles. The average Bonchev–Trinajstić information content (AvgIpc) is 2.50. The summed E-state index contributed by atoms with van der Waals surface area (Å²) >= 11 is 0. The van der Waals surface area contributed by atoms with E-state index in [0.717, 1.165) is 19.3 Å². The van der Waals surface area contributed by atoms with Gasteiger partial charge < -0.3 is 5.11 Å². The molecule has 0 amide bonds. The van der Waals surface area contributed by atoms with Crippen molar-refractivity contribution < 1.29 is 14.7 Å². The van der Waals surface area contributed by atoms with Crippen LogP contribution in [0.2, 0.25) is 0 Å². The van der Waals surface area contributed by atoms with E-state index in [1.54, 1.807) is 0 Å². The number of unbranched alkanes of at least 4 members (excludes halogenated alkanes) is 11. The second kappa shape index (κ2) is 19.9. The number of hydrogen-bond acceptors (Lipinski definition) is 2. The molecular weight excluding hydrogens is 299 g/mol. The number of Topliss-reactive ketones (excluding diaryl/α,β-unsaturated/α-hetero) is 1. The van der Waals surface area contributed by atoms with Crippen molar-refractivity contribution in [2.45, 2.75) is 96.8 Å². The Morgan fingerprint density at radius 1 is 0.739 bits per heavy atom. The summed E-state index contributed by atoms with van der Waals surface area (Å²) in [4.78, 5) is 21.2. The Kier molecular flexibility index (Phi) is 21.8. The molecule has 0 aromatic rings. The normalized spacial score (nSPS) is 10.7. The number of carboxylic acids is 1. The quantitative estimate of drug-likeness (QED) is 0.186. The molecule has 3 nitrogen and oxygen atoms in total. The summed E-state index contributed by atoms with van der Waals surface area (Å²) in [5, 5.41) is 8.44. The van der Waals surface area contributed by atoms with E-state index in [2.05, 4.69) is 19.1 Å². The Morgan fingerprint density at radius 3 is 1.65 bits per heavy atom. The number of aliphatic carboxylic acids is 1. The van der Waals surface area contributed by atoms with Crippen molar-refractivity contribution in [3.05, 3.63) is 12.2 Å². The third-order valence-corrected chi connectivity index (χ3v) is 3.90. The molecule has 0 aliphatic carbocycles. The molecule has 0 atom stereocenters. The van der Waals surface area contributed by atoms with Gasteiger partial charge in [-0.3, -0.25) is 4.79 Å². The summed E-state index contributed by atoms with van der Waals surface area (Å²) < 4.78 is 0. The molecule has 0 aliphatic rings. The molecule has 0 heterocycles. The molecule has 23 heavy (non-hydrogen) atoms. The van der Waals surface area contributed by atoms with Gasteiger partial charge in [0.2, 0.25) is 5.78 Å². The van der Waals surface area contributed by atoms with Crippen LogP contribution in [0.15, 0.2) is 12.2 Å². The fourth-order valence-electron chi connectivity index (χ4n) is 2.46. The van der Waals surface area contributed by atoms with Gasteiger partial charge in [-0.15, -0.1) is 0 Å². The molecule has 4 heteroatoms. The fourth-order valence-corrected chi connectivity index (χ4v) is 2.46. The summed E-state index contributed by atoms with van der Waals surface area (Å²) in [6.45, 7) is 2.25. The van der Waals surface area contributed by atoms with Gasteiger partial charge in [-0.05, 0) is 32.1 Å². The van der Waals surface area contributed by atoms with E-state index in [4.69, 9.17) is 5.11 Å². The van der Waals surface area contributed by atoms with Crippen LogP contribution in [0, 0.1) is 0 Å². The Bertz CT molecular complexity index is 314. The van der Waals surface area contributed by atoms with Gasteiger partial charge in [0, 0.05) is 6.42 Å². The van der Waals surface area contributed by atoms with Crippen molar-refractivity contribution in [3.63, 3.8) is 0 Å². The van der Waals surface area contributed by atoms with Crippen LogP contribution in [0.3, 0.4) is 0 Å². The molecule has 130 valence electrons. The maximum atomic E-state index is 10.9. The van der Waals surface area contributed by atoms with E-state index in [1.807, 2.05) is 0 Å². The van der Waals surface area contributed by atoms with Gasteiger partial charge in [0.15, 0.2) is 0 Å². The van der Waals surface area contributed by atoms with Crippen LogP contribution in [0.1, 0.15) is 96.8 Å². The van der Waals surface area contributed by atoms with Crippen molar-refractivity contribution in [3.8, 4) is 0 Å². The van der Waals surface area contributed by atoms with E-state index in [9.17, 15) is 9.59 Å². The van der Waals surface area contributed by atoms with Gasteiger partial charge in [0.25, 0.3) is 0 Å². The number of carboxylic acid groups (broad SMARTS) is 1. The third kappa shape index (κ3) is 19.8. The Labute approximate surface area is 164 Å². The Hall–Kier alpha value is -0.120. The molecule has 0 bridgehead atoms. The summed E-state index contributed by atoms with van der Waals surface area (Å²) in [6.07, 6.45) is 20.4. The number of carbonyl (C=O) groups excluding carboxylic acids is 1. The second-order valence-corrected chi connectivity index (χ2v) is 6.06. The standard InChI is InChI=1S/C19H34O3.Na.H/c1-2-3-4-5-6-7-8-9-10-11-12-13-14-15-16-17-18(20)19(21)22;;/h9-10H,2-8,11-17H2,1H3,(H,21,22);;/b10-9-;;.